The molecule has 3 fully saturated rings. The van der Waals surface area contributed by atoms with Gasteiger partial charge in [-0.25, -0.2) is 0 Å². The highest BCUT2D eigenvalue weighted by molar-refractivity contribution is 5.78. The Morgan fingerprint density at radius 2 is 1.91 bits per heavy atom. The number of carbonyl (C=O) groups excluding carboxylic acids is 2. The van der Waals surface area contributed by atoms with Gasteiger partial charge in [-0.1, -0.05) is 26.8 Å². The predicted octanol–water partition coefficient (Wildman–Crippen LogP) is 6.03. The van der Waals surface area contributed by atoms with Gasteiger partial charge in [-0.05, 0) is 100 Å². The van der Waals surface area contributed by atoms with Crippen LogP contribution in [0.5, 0.6) is 0 Å². The Bertz CT molecular complexity index is 790. The van der Waals surface area contributed by atoms with Gasteiger partial charge in [-0.2, -0.15) is 5.06 Å². The number of carbonyl (C=O) groups is 2. The average Bonchev–Trinajstić information content (AvgIpc) is 3.15. The molecule has 2 amide bonds. The summed E-state index contributed by atoms with van der Waals surface area (Å²) in [5.74, 6) is 3.54. The van der Waals surface area contributed by atoms with Gasteiger partial charge in [-0.15, -0.1) is 0 Å². The van der Waals surface area contributed by atoms with Crippen LogP contribution >= 0.6 is 0 Å². The summed E-state index contributed by atoms with van der Waals surface area (Å²) in [5, 5.41) is 11.4. The zero-order valence-electron chi connectivity index (χ0n) is 21.6. The van der Waals surface area contributed by atoms with Gasteiger partial charge >= 0.3 is 0 Å². The maximum atomic E-state index is 12.4. The van der Waals surface area contributed by atoms with E-state index in [-0.39, 0.29) is 11.3 Å². The number of allylic oxidation sites excluding steroid dienone is 2. The summed E-state index contributed by atoms with van der Waals surface area (Å²) in [7, 11) is 0. The molecule has 3 aliphatic carbocycles. The molecule has 186 valence electrons. The number of amides is 2. The highest BCUT2D eigenvalue weighted by atomic mass is 16.5. The first-order valence-electron chi connectivity index (χ1n) is 13.7. The fourth-order valence-corrected chi connectivity index (χ4v) is 8.81. The predicted molar refractivity (Wildman–Crippen MR) is 130 cm³/mol. The summed E-state index contributed by atoms with van der Waals surface area (Å²) >= 11 is 0. The van der Waals surface area contributed by atoms with E-state index in [2.05, 4.69) is 40.7 Å². The van der Waals surface area contributed by atoms with E-state index in [1.807, 2.05) is 4.90 Å². The maximum Gasteiger partial charge on any atom is 0.250 e. The molecule has 1 N–H and O–H groups in total. The van der Waals surface area contributed by atoms with Gasteiger partial charge in [0.1, 0.15) is 0 Å². The van der Waals surface area contributed by atoms with Crippen LogP contribution in [0.3, 0.4) is 0 Å². The summed E-state index contributed by atoms with van der Waals surface area (Å²) < 4.78 is 0. The second kappa shape index (κ2) is 9.36. The molecule has 5 nitrogen and oxygen atoms in total. The van der Waals surface area contributed by atoms with Crippen molar-refractivity contribution in [2.24, 2.45) is 40.4 Å². The van der Waals surface area contributed by atoms with Gasteiger partial charge in [0.15, 0.2) is 0 Å². The molecule has 4 rings (SSSR count). The third-order valence-corrected chi connectivity index (χ3v) is 10.7. The van der Waals surface area contributed by atoms with Gasteiger partial charge in [-0.3, -0.25) is 14.8 Å². The highest BCUT2D eigenvalue weighted by Crippen LogP contribution is 2.67. The van der Waals surface area contributed by atoms with Gasteiger partial charge in [0, 0.05) is 31.3 Å². The van der Waals surface area contributed by atoms with Gasteiger partial charge < -0.3 is 4.90 Å². The Balaban J connectivity index is 1.42. The molecule has 1 heterocycles. The fourth-order valence-electron chi connectivity index (χ4n) is 8.81. The van der Waals surface area contributed by atoms with Crippen molar-refractivity contribution in [2.75, 3.05) is 13.1 Å². The second-order valence-corrected chi connectivity index (χ2v) is 12.0. The van der Waals surface area contributed by atoms with Gasteiger partial charge in [0.2, 0.25) is 11.8 Å². The van der Waals surface area contributed by atoms with Crippen LogP contribution < -0.4 is 0 Å². The topological polar surface area (TPSA) is 60.9 Å². The standard InChI is InChI=1S/C28H46N2O3/c1-6-29(7-2)25(31)10-8-9-19(3)21-12-13-22-20-11-14-24-28(5,18-16-26(32)30(24)33)23(20)15-17-27(21,22)4/h14,19-23,33H,6-13,15-18H2,1-5H3/t19-,20+,21-,22+,23+,27-,28-/m1/s1. The van der Waals surface area contributed by atoms with Crippen molar-refractivity contribution >= 4 is 11.8 Å². The van der Waals surface area contributed by atoms with Crippen LogP contribution in [0.1, 0.15) is 98.8 Å². The van der Waals surface area contributed by atoms with Crippen LogP contribution in [-0.2, 0) is 9.59 Å². The number of fused-ring (bicyclic) bond motifs is 5. The first kappa shape index (κ1) is 24.8. The zero-order chi connectivity index (χ0) is 24.0. The monoisotopic (exact) mass is 458 g/mol. The lowest BCUT2D eigenvalue weighted by Gasteiger charge is -2.58. The minimum atomic E-state index is -0.146. The molecule has 7 atom stereocenters. The molecular formula is C28H46N2O3. The lowest BCUT2D eigenvalue weighted by molar-refractivity contribution is -0.174. The van der Waals surface area contributed by atoms with Gasteiger partial charge in [0.25, 0.3) is 0 Å². The van der Waals surface area contributed by atoms with E-state index in [0.29, 0.717) is 41.9 Å². The van der Waals surface area contributed by atoms with E-state index in [9.17, 15) is 14.8 Å². The average molecular weight is 459 g/mol. The van der Waals surface area contributed by atoms with E-state index >= 15 is 0 Å². The zero-order valence-corrected chi connectivity index (χ0v) is 21.6. The Hall–Kier alpha value is -1.36. The van der Waals surface area contributed by atoms with Crippen LogP contribution in [-0.4, -0.2) is 40.1 Å². The molecule has 0 unspecified atom stereocenters. The number of hydrogen-bond acceptors (Lipinski definition) is 3. The lowest BCUT2D eigenvalue weighted by atomic mass is 9.48. The molecule has 0 spiro atoms. The number of nitrogens with zero attached hydrogens (tertiary/aromatic N) is 2. The third kappa shape index (κ3) is 4.06. The molecule has 5 heteroatoms. The Morgan fingerprint density at radius 1 is 1.18 bits per heavy atom. The Morgan fingerprint density at radius 3 is 2.61 bits per heavy atom. The van der Waals surface area contributed by atoms with E-state index < -0.39 is 0 Å². The molecule has 1 aliphatic heterocycles. The number of hydrogen-bond donors (Lipinski definition) is 1. The molecule has 0 radical (unpaired) electrons. The molecule has 33 heavy (non-hydrogen) atoms. The number of hydroxylamine groups is 2. The van der Waals surface area contributed by atoms with Crippen LogP contribution in [0.25, 0.3) is 0 Å². The van der Waals surface area contributed by atoms with E-state index in [0.717, 1.165) is 61.4 Å². The summed E-state index contributed by atoms with van der Waals surface area (Å²) in [6, 6.07) is 0. The van der Waals surface area contributed by atoms with E-state index in [4.69, 9.17) is 0 Å². The van der Waals surface area contributed by atoms with Crippen molar-refractivity contribution in [1.29, 1.82) is 0 Å². The summed E-state index contributed by atoms with van der Waals surface area (Å²) in [6.45, 7) is 13.0. The van der Waals surface area contributed by atoms with Gasteiger partial charge in [0.05, 0.1) is 5.70 Å². The molecular weight excluding hydrogens is 412 g/mol. The third-order valence-electron chi connectivity index (χ3n) is 10.7. The maximum absolute atomic E-state index is 12.4. The SMILES string of the molecule is CCN(CC)C(=O)CCC[C@@H](C)[C@H]1CC[C@H]2[C@@H]3CC=C4N(O)C(=O)CC[C@]4(C)[C@H]3CC[C@]12C. The number of piperidine rings is 1. The minimum absolute atomic E-state index is 0.0681. The van der Waals surface area contributed by atoms with Crippen molar-refractivity contribution in [1.82, 2.24) is 9.96 Å². The van der Waals surface area contributed by atoms with Crippen LogP contribution in [0.4, 0.5) is 0 Å². The molecule has 0 aromatic heterocycles. The van der Waals surface area contributed by atoms with Crippen molar-refractivity contribution in [3.05, 3.63) is 11.8 Å². The van der Waals surface area contributed by atoms with Crippen molar-refractivity contribution in [2.45, 2.75) is 98.8 Å². The summed E-state index contributed by atoms with van der Waals surface area (Å²) in [6.07, 6.45) is 12.5. The fraction of sp³-hybridized carbons (Fsp3) is 0.857. The molecule has 2 saturated carbocycles. The van der Waals surface area contributed by atoms with Crippen LogP contribution in [0.15, 0.2) is 11.8 Å². The van der Waals surface area contributed by atoms with Crippen molar-refractivity contribution in [3.63, 3.8) is 0 Å². The molecule has 0 bridgehead atoms. The van der Waals surface area contributed by atoms with Crippen LogP contribution in [0.2, 0.25) is 0 Å². The highest BCUT2D eigenvalue weighted by Gasteiger charge is 2.60. The van der Waals surface area contributed by atoms with E-state index in [1.54, 1.807) is 0 Å². The Kier molecular flexibility index (Phi) is 7.02. The Labute approximate surface area is 200 Å². The van der Waals surface area contributed by atoms with Crippen LogP contribution in [0, 0.1) is 40.4 Å². The summed E-state index contributed by atoms with van der Waals surface area (Å²) in [4.78, 5) is 26.5. The lowest BCUT2D eigenvalue weighted by Crippen LogP contribution is -2.53. The smallest absolute Gasteiger partial charge is 0.250 e. The quantitative estimate of drug-likeness (QED) is 0.474. The first-order chi connectivity index (χ1) is 15.7. The normalized spacial score (nSPS) is 38.8. The first-order valence-corrected chi connectivity index (χ1v) is 13.7. The largest absolute Gasteiger partial charge is 0.343 e. The second-order valence-electron chi connectivity index (χ2n) is 12.0. The minimum Gasteiger partial charge on any atom is -0.343 e. The molecule has 1 saturated heterocycles. The molecule has 0 aromatic carbocycles. The number of rotatable bonds is 7. The molecule has 4 aliphatic rings. The van der Waals surface area contributed by atoms with Crippen molar-refractivity contribution in [3.8, 4) is 0 Å². The van der Waals surface area contributed by atoms with E-state index in [1.165, 1.54) is 25.7 Å². The summed E-state index contributed by atoms with van der Waals surface area (Å²) in [5.41, 5.74) is 1.19. The molecule has 0 aromatic rings. The van der Waals surface area contributed by atoms with Crippen molar-refractivity contribution < 1.29 is 14.8 Å².